The molecule has 176 valence electrons. The SMILES string of the molecule is Cc1noc(C)c1CNC(=O)Cn1ncc(N[C@@H]2C[C@H](C)C(C)(C)[C@H](C)[C@H]2C)c(Br)c1=O. The van der Waals surface area contributed by atoms with E-state index in [1.807, 2.05) is 6.92 Å². The molecule has 32 heavy (non-hydrogen) atoms. The number of carbonyl (C=O) groups is 1. The maximum absolute atomic E-state index is 12.8. The number of aryl methyl sites for hydroxylation is 2. The van der Waals surface area contributed by atoms with E-state index in [1.165, 1.54) is 0 Å². The van der Waals surface area contributed by atoms with Gasteiger partial charge in [-0.25, -0.2) is 4.68 Å². The third-order valence-corrected chi connectivity index (χ3v) is 8.50. The fraction of sp³-hybridized carbons (Fsp3) is 0.652. The van der Waals surface area contributed by atoms with E-state index in [0.29, 0.717) is 40.2 Å². The molecule has 2 aromatic heterocycles. The molecule has 9 heteroatoms. The molecule has 0 spiro atoms. The molecule has 1 aliphatic carbocycles. The van der Waals surface area contributed by atoms with Gasteiger partial charge in [0.2, 0.25) is 5.91 Å². The molecule has 2 N–H and O–H groups in total. The van der Waals surface area contributed by atoms with Crippen molar-refractivity contribution in [2.45, 2.75) is 74.0 Å². The second kappa shape index (κ2) is 9.37. The second-order valence-corrected chi connectivity index (χ2v) is 10.6. The minimum absolute atomic E-state index is 0.164. The molecule has 0 aliphatic heterocycles. The average molecular weight is 508 g/mol. The fourth-order valence-electron chi connectivity index (χ4n) is 4.58. The molecule has 0 saturated heterocycles. The lowest BCUT2D eigenvalue weighted by Gasteiger charge is -2.50. The van der Waals surface area contributed by atoms with Gasteiger partial charge in [-0.05, 0) is 59.4 Å². The molecular weight excluding hydrogens is 474 g/mol. The van der Waals surface area contributed by atoms with Crippen LogP contribution in [0.3, 0.4) is 0 Å². The first-order valence-corrected chi connectivity index (χ1v) is 11.9. The quantitative estimate of drug-likeness (QED) is 0.611. The Balaban J connectivity index is 1.67. The Kier molecular flexibility index (Phi) is 7.17. The standard InChI is InChI=1S/C23H34BrN5O3/c1-12-8-18(13(2)14(3)23(12,6)7)27-19-10-26-29(22(31)21(19)24)11-20(30)25-9-17-15(4)28-32-16(17)5/h10,12-14,18,27H,8-9,11H2,1-7H3,(H,25,30)/t12-,13+,14+,18+/m0/s1. The van der Waals surface area contributed by atoms with E-state index in [-0.39, 0.29) is 29.5 Å². The van der Waals surface area contributed by atoms with Crippen LogP contribution < -0.4 is 16.2 Å². The van der Waals surface area contributed by atoms with Gasteiger partial charge in [-0.1, -0.05) is 39.8 Å². The lowest BCUT2D eigenvalue weighted by molar-refractivity contribution is -0.122. The first-order valence-electron chi connectivity index (χ1n) is 11.1. The number of nitrogens with one attached hydrogen (secondary N) is 2. The molecule has 1 fully saturated rings. The third-order valence-electron chi connectivity index (χ3n) is 7.74. The fourth-order valence-corrected chi connectivity index (χ4v) is 5.00. The first kappa shape index (κ1) is 24.5. The van der Waals surface area contributed by atoms with Crippen molar-refractivity contribution in [3.05, 3.63) is 38.0 Å². The number of anilines is 1. The van der Waals surface area contributed by atoms with Crippen molar-refractivity contribution >= 4 is 27.5 Å². The summed E-state index contributed by atoms with van der Waals surface area (Å²) in [5, 5.41) is 14.4. The maximum atomic E-state index is 12.8. The van der Waals surface area contributed by atoms with Crippen molar-refractivity contribution in [1.29, 1.82) is 0 Å². The molecule has 0 bridgehead atoms. The lowest BCUT2D eigenvalue weighted by Crippen LogP contribution is -2.48. The molecule has 3 rings (SSSR count). The van der Waals surface area contributed by atoms with Crippen molar-refractivity contribution in [2.75, 3.05) is 5.32 Å². The van der Waals surface area contributed by atoms with E-state index >= 15 is 0 Å². The van der Waals surface area contributed by atoms with E-state index in [9.17, 15) is 9.59 Å². The molecule has 1 saturated carbocycles. The Morgan fingerprint density at radius 2 is 2.00 bits per heavy atom. The first-order chi connectivity index (χ1) is 14.9. The lowest BCUT2D eigenvalue weighted by atomic mass is 9.58. The predicted molar refractivity (Wildman–Crippen MR) is 127 cm³/mol. The van der Waals surface area contributed by atoms with E-state index in [4.69, 9.17) is 4.52 Å². The molecule has 1 aliphatic rings. The van der Waals surface area contributed by atoms with Crippen LogP contribution in [-0.4, -0.2) is 26.9 Å². The Labute approximate surface area is 197 Å². The van der Waals surface area contributed by atoms with Crippen molar-refractivity contribution in [3.63, 3.8) is 0 Å². The number of aromatic nitrogens is 3. The summed E-state index contributed by atoms with van der Waals surface area (Å²) in [6, 6.07) is 0.250. The number of halogens is 1. The van der Waals surface area contributed by atoms with Gasteiger partial charge in [0.15, 0.2) is 0 Å². The maximum Gasteiger partial charge on any atom is 0.283 e. The number of hydrogen-bond donors (Lipinski definition) is 2. The normalized spacial score (nSPS) is 24.9. The van der Waals surface area contributed by atoms with Gasteiger partial charge in [0.1, 0.15) is 16.8 Å². The molecule has 0 aromatic carbocycles. The van der Waals surface area contributed by atoms with E-state index in [0.717, 1.165) is 22.4 Å². The van der Waals surface area contributed by atoms with Crippen LogP contribution in [0.15, 0.2) is 20.0 Å². The molecular formula is C23H34BrN5O3. The third kappa shape index (κ3) is 4.77. The van der Waals surface area contributed by atoms with Crippen LogP contribution in [0.25, 0.3) is 0 Å². The highest BCUT2D eigenvalue weighted by Crippen LogP contribution is 2.48. The second-order valence-electron chi connectivity index (χ2n) is 9.77. The van der Waals surface area contributed by atoms with Gasteiger partial charge in [0.05, 0.1) is 17.6 Å². The van der Waals surface area contributed by atoms with Crippen LogP contribution in [-0.2, 0) is 17.9 Å². The van der Waals surface area contributed by atoms with Gasteiger partial charge in [-0.2, -0.15) is 5.10 Å². The zero-order valence-corrected chi connectivity index (χ0v) is 21.5. The van der Waals surface area contributed by atoms with Gasteiger partial charge < -0.3 is 15.2 Å². The minimum atomic E-state index is -0.340. The van der Waals surface area contributed by atoms with Gasteiger partial charge in [-0.3, -0.25) is 9.59 Å². The topological polar surface area (TPSA) is 102 Å². The predicted octanol–water partition coefficient (Wildman–Crippen LogP) is 4.05. The Hall–Kier alpha value is -2.16. The van der Waals surface area contributed by atoms with Gasteiger partial charge in [-0.15, -0.1) is 0 Å². The van der Waals surface area contributed by atoms with Crippen LogP contribution >= 0.6 is 15.9 Å². The van der Waals surface area contributed by atoms with Crippen LogP contribution in [0.4, 0.5) is 5.69 Å². The van der Waals surface area contributed by atoms with Crippen molar-refractivity contribution < 1.29 is 9.32 Å². The highest BCUT2D eigenvalue weighted by atomic mass is 79.9. The summed E-state index contributed by atoms with van der Waals surface area (Å²) in [5.41, 5.74) is 2.17. The van der Waals surface area contributed by atoms with Crippen LogP contribution in [0.5, 0.6) is 0 Å². The monoisotopic (exact) mass is 507 g/mol. The molecule has 1 amide bonds. The zero-order valence-electron chi connectivity index (χ0n) is 20.0. The smallest absolute Gasteiger partial charge is 0.283 e. The average Bonchev–Trinajstić information content (AvgIpc) is 3.06. The Morgan fingerprint density at radius 3 is 2.62 bits per heavy atom. The zero-order chi connectivity index (χ0) is 23.8. The summed E-state index contributed by atoms with van der Waals surface area (Å²) in [4.78, 5) is 25.2. The number of rotatable bonds is 6. The van der Waals surface area contributed by atoms with Gasteiger partial charge >= 0.3 is 0 Å². The number of nitrogens with zero attached hydrogens (tertiary/aromatic N) is 3. The van der Waals surface area contributed by atoms with Crippen LogP contribution in [0.2, 0.25) is 0 Å². The van der Waals surface area contributed by atoms with E-state index in [1.54, 1.807) is 13.1 Å². The highest BCUT2D eigenvalue weighted by molar-refractivity contribution is 9.10. The summed E-state index contributed by atoms with van der Waals surface area (Å²) in [5.74, 6) is 1.90. The van der Waals surface area contributed by atoms with E-state index < -0.39 is 0 Å². The highest BCUT2D eigenvalue weighted by Gasteiger charge is 2.43. The van der Waals surface area contributed by atoms with Crippen LogP contribution in [0.1, 0.15) is 58.1 Å². The molecule has 0 unspecified atom stereocenters. The Bertz CT molecular complexity index is 1030. The molecule has 8 nitrogen and oxygen atoms in total. The van der Waals surface area contributed by atoms with Gasteiger partial charge in [0.25, 0.3) is 5.56 Å². The summed E-state index contributed by atoms with van der Waals surface area (Å²) < 4.78 is 6.66. The van der Waals surface area contributed by atoms with E-state index in [2.05, 4.69) is 71.4 Å². The molecule has 2 aromatic rings. The molecule has 2 heterocycles. The van der Waals surface area contributed by atoms with Crippen LogP contribution in [0, 0.1) is 37.0 Å². The molecule has 4 atom stereocenters. The summed E-state index contributed by atoms with van der Waals surface area (Å²) in [6.07, 6.45) is 2.65. The minimum Gasteiger partial charge on any atom is -0.380 e. The summed E-state index contributed by atoms with van der Waals surface area (Å²) in [7, 11) is 0. The summed E-state index contributed by atoms with van der Waals surface area (Å²) in [6.45, 7) is 15.3. The summed E-state index contributed by atoms with van der Waals surface area (Å²) >= 11 is 3.42. The van der Waals surface area contributed by atoms with Crippen molar-refractivity contribution in [2.24, 2.45) is 23.2 Å². The van der Waals surface area contributed by atoms with Gasteiger partial charge in [0, 0.05) is 18.2 Å². The largest absolute Gasteiger partial charge is 0.380 e. The number of carbonyl (C=O) groups excluding carboxylic acids is 1. The number of amides is 1. The van der Waals surface area contributed by atoms with Crippen molar-refractivity contribution in [3.8, 4) is 0 Å². The van der Waals surface area contributed by atoms with Crippen molar-refractivity contribution in [1.82, 2.24) is 20.3 Å². The molecule has 0 radical (unpaired) electrons. The Morgan fingerprint density at radius 1 is 1.31 bits per heavy atom. The number of hydrogen-bond acceptors (Lipinski definition) is 6.